The molecule has 1 atom stereocenters. The molecule has 8 heteroatoms. The highest BCUT2D eigenvalue weighted by Crippen LogP contribution is 2.42. The predicted octanol–water partition coefficient (Wildman–Crippen LogP) is 6.24. The number of halogens is 2. The molecule has 0 fully saturated rings. The second kappa shape index (κ2) is 8.28. The van der Waals surface area contributed by atoms with Crippen LogP contribution in [0.5, 0.6) is 0 Å². The van der Waals surface area contributed by atoms with E-state index in [-0.39, 0.29) is 10.1 Å². The van der Waals surface area contributed by atoms with Crippen molar-refractivity contribution in [2.45, 2.75) is 90.8 Å². The summed E-state index contributed by atoms with van der Waals surface area (Å²) < 4.78 is 25.6. The molecule has 1 rings (SSSR count). The van der Waals surface area contributed by atoms with Crippen molar-refractivity contribution in [1.82, 2.24) is 10.3 Å². The first-order valence-electron chi connectivity index (χ1n) is 9.36. The van der Waals surface area contributed by atoms with E-state index in [0.29, 0.717) is 5.69 Å². The minimum atomic E-state index is -2.19. The Kier molecular flexibility index (Phi) is 7.35. The van der Waals surface area contributed by atoms with Gasteiger partial charge < -0.3 is 14.5 Å². The summed E-state index contributed by atoms with van der Waals surface area (Å²) in [6.07, 6.45) is 0.441. The van der Waals surface area contributed by atoms with Crippen LogP contribution in [-0.2, 0) is 9.16 Å². The Morgan fingerprint density at radius 2 is 1.71 bits per heavy atom. The van der Waals surface area contributed by atoms with Gasteiger partial charge in [0.05, 0.1) is 22.5 Å². The number of alkyl carbamates (subject to hydrolysis) is 1. The molecule has 28 heavy (non-hydrogen) atoms. The van der Waals surface area contributed by atoms with E-state index in [1.807, 2.05) is 13.8 Å². The molecule has 160 valence electrons. The lowest BCUT2D eigenvalue weighted by Gasteiger charge is -2.45. The molecule has 0 aromatic carbocycles. The maximum Gasteiger partial charge on any atom is 0.408 e. The first-order valence-corrected chi connectivity index (χ1v) is 12.6. The number of carbonyl (C=O) groups is 1. The molecule has 0 radical (unpaired) electrons. The van der Waals surface area contributed by atoms with E-state index in [9.17, 15) is 9.18 Å². The van der Waals surface area contributed by atoms with Crippen molar-refractivity contribution < 1.29 is 18.3 Å². The van der Waals surface area contributed by atoms with Crippen LogP contribution in [0.1, 0.15) is 67.1 Å². The Morgan fingerprint density at radius 1 is 1.18 bits per heavy atom. The number of nitrogens with one attached hydrogen (secondary N) is 1. The van der Waals surface area contributed by atoms with Crippen molar-refractivity contribution in [3.05, 3.63) is 28.8 Å². The first kappa shape index (κ1) is 24.9. The van der Waals surface area contributed by atoms with Gasteiger partial charge in [0.15, 0.2) is 14.1 Å². The summed E-state index contributed by atoms with van der Waals surface area (Å²) in [6.45, 7) is 19.8. The molecular formula is C20H34ClFN2O3Si. The van der Waals surface area contributed by atoms with Crippen LogP contribution in [0.3, 0.4) is 0 Å². The number of ether oxygens (including phenoxy) is 1. The molecule has 0 aliphatic heterocycles. The lowest BCUT2D eigenvalue weighted by Crippen LogP contribution is -2.53. The number of hydrogen-bond acceptors (Lipinski definition) is 4. The van der Waals surface area contributed by atoms with Gasteiger partial charge in [0.1, 0.15) is 11.6 Å². The summed E-state index contributed by atoms with van der Waals surface area (Å²) in [5, 5.41) is 2.74. The molecule has 1 unspecified atom stereocenters. The molecule has 1 heterocycles. The number of aromatic nitrogens is 1. The third kappa shape index (κ3) is 6.71. The van der Waals surface area contributed by atoms with Gasteiger partial charge in [-0.2, -0.15) is 0 Å². The minimum absolute atomic E-state index is 0.0331. The van der Waals surface area contributed by atoms with Crippen LogP contribution >= 0.6 is 11.6 Å². The number of amides is 1. The van der Waals surface area contributed by atoms with Crippen molar-refractivity contribution in [2.24, 2.45) is 0 Å². The summed E-state index contributed by atoms with van der Waals surface area (Å²) in [7, 11) is -2.19. The van der Waals surface area contributed by atoms with Crippen LogP contribution in [0.4, 0.5) is 9.18 Å². The monoisotopic (exact) mass is 432 g/mol. The molecule has 0 spiro atoms. The summed E-state index contributed by atoms with van der Waals surface area (Å²) in [4.78, 5) is 16.6. The highest BCUT2D eigenvalue weighted by Gasteiger charge is 2.45. The van der Waals surface area contributed by atoms with Gasteiger partial charge in [0.25, 0.3) is 0 Å². The van der Waals surface area contributed by atoms with Crippen LogP contribution in [0.25, 0.3) is 0 Å². The number of carbonyl (C=O) groups excluding carboxylic acids is 1. The quantitative estimate of drug-likeness (QED) is 0.559. The molecule has 5 nitrogen and oxygen atoms in total. The Hall–Kier alpha value is -1.18. The van der Waals surface area contributed by atoms with E-state index >= 15 is 0 Å². The Balaban J connectivity index is 3.32. The molecule has 1 amide bonds. The highest BCUT2D eigenvalue weighted by atomic mass is 35.5. The Labute approximate surface area is 174 Å². The molecule has 1 aromatic heterocycles. The number of nitrogens with zero attached hydrogens (tertiary/aromatic N) is 1. The molecule has 0 saturated carbocycles. The zero-order chi connectivity index (χ0) is 22.1. The topological polar surface area (TPSA) is 60.5 Å². The average molecular weight is 433 g/mol. The van der Waals surface area contributed by atoms with Crippen molar-refractivity contribution in [1.29, 1.82) is 0 Å². The Morgan fingerprint density at radius 3 is 2.14 bits per heavy atom. The molecule has 1 N–H and O–H groups in total. The maximum absolute atomic E-state index is 13.6. The summed E-state index contributed by atoms with van der Waals surface area (Å²) >= 11 is 5.97. The van der Waals surface area contributed by atoms with Gasteiger partial charge in [-0.3, -0.25) is 4.98 Å². The van der Waals surface area contributed by atoms with Crippen LogP contribution < -0.4 is 5.32 Å². The molecular weight excluding hydrogens is 399 g/mol. The summed E-state index contributed by atoms with van der Waals surface area (Å²) in [5.74, 6) is -0.621. The molecule has 0 aliphatic carbocycles. The van der Waals surface area contributed by atoms with Crippen LogP contribution in [0.15, 0.2) is 12.3 Å². The lowest BCUT2D eigenvalue weighted by molar-refractivity contribution is 0.0218. The van der Waals surface area contributed by atoms with Crippen LogP contribution in [0, 0.1) is 5.82 Å². The highest BCUT2D eigenvalue weighted by molar-refractivity contribution is 6.74. The van der Waals surface area contributed by atoms with Gasteiger partial charge in [-0.1, -0.05) is 32.4 Å². The van der Waals surface area contributed by atoms with E-state index in [1.54, 1.807) is 20.8 Å². The molecule has 0 aliphatic rings. The van der Waals surface area contributed by atoms with Crippen molar-refractivity contribution in [3.8, 4) is 0 Å². The lowest BCUT2D eigenvalue weighted by atomic mass is 9.95. The van der Waals surface area contributed by atoms with E-state index < -0.39 is 37.5 Å². The largest absolute Gasteiger partial charge is 0.444 e. The fraction of sp³-hybridized carbons (Fsp3) is 0.700. The van der Waals surface area contributed by atoms with Gasteiger partial charge in [-0.15, -0.1) is 0 Å². The first-order chi connectivity index (χ1) is 12.4. The zero-order valence-electron chi connectivity index (χ0n) is 18.7. The number of pyridine rings is 1. The van der Waals surface area contributed by atoms with Gasteiger partial charge >= 0.3 is 6.09 Å². The fourth-order valence-corrected chi connectivity index (χ4v) is 4.39. The van der Waals surface area contributed by atoms with Gasteiger partial charge in [0.2, 0.25) is 0 Å². The number of hydrogen-bond donors (Lipinski definition) is 1. The molecule has 0 bridgehead atoms. The SMILES string of the molecule is CC(C)(C)OC(=O)NC(c1cc(Cl)c(F)cn1)C(C)(C)O[Si](C)(C)C(C)(C)C. The summed E-state index contributed by atoms with van der Waals surface area (Å²) in [6, 6.07) is 0.727. The van der Waals surface area contributed by atoms with E-state index in [1.165, 1.54) is 6.07 Å². The maximum atomic E-state index is 13.6. The van der Waals surface area contributed by atoms with E-state index in [4.69, 9.17) is 20.8 Å². The van der Waals surface area contributed by atoms with Gasteiger partial charge in [-0.25, -0.2) is 9.18 Å². The fourth-order valence-electron chi connectivity index (χ4n) is 2.49. The Bertz CT molecular complexity index is 712. The zero-order valence-corrected chi connectivity index (χ0v) is 20.4. The second-order valence-electron chi connectivity index (χ2n) is 10.1. The second-order valence-corrected chi connectivity index (χ2v) is 15.2. The smallest absolute Gasteiger partial charge is 0.408 e. The number of rotatable bonds is 5. The van der Waals surface area contributed by atoms with Crippen LogP contribution in [0.2, 0.25) is 23.2 Å². The predicted molar refractivity (Wildman–Crippen MR) is 114 cm³/mol. The molecule has 1 aromatic rings. The van der Waals surface area contributed by atoms with Gasteiger partial charge in [-0.05, 0) is 58.8 Å². The van der Waals surface area contributed by atoms with Crippen LogP contribution in [-0.4, -0.2) is 30.6 Å². The van der Waals surface area contributed by atoms with E-state index in [0.717, 1.165) is 6.20 Å². The van der Waals surface area contributed by atoms with Crippen molar-refractivity contribution in [2.75, 3.05) is 0 Å². The summed E-state index contributed by atoms with van der Waals surface area (Å²) in [5.41, 5.74) is -1.10. The van der Waals surface area contributed by atoms with Crippen molar-refractivity contribution in [3.63, 3.8) is 0 Å². The molecule has 0 saturated heterocycles. The normalized spacial score (nSPS) is 14.6. The third-order valence-electron chi connectivity index (χ3n) is 4.81. The average Bonchev–Trinajstić information content (AvgIpc) is 2.43. The van der Waals surface area contributed by atoms with E-state index in [2.05, 4.69) is 44.2 Å². The van der Waals surface area contributed by atoms with Gasteiger partial charge in [0, 0.05) is 0 Å². The third-order valence-corrected chi connectivity index (χ3v) is 9.74. The minimum Gasteiger partial charge on any atom is -0.444 e. The van der Waals surface area contributed by atoms with Crippen molar-refractivity contribution >= 4 is 26.0 Å². The standard InChI is InChI=1S/C20H34ClFN2O3Si/c1-18(2,3)26-17(25)24-16(15-11-13(21)14(22)12-23-15)20(7,8)27-28(9,10)19(4,5)6/h11-12,16H,1-10H3,(H,24,25).